The van der Waals surface area contributed by atoms with Gasteiger partial charge in [0.25, 0.3) is 0 Å². The molecule has 5 rings (SSSR count). The van der Waals surface area contributed by atoms with E-state index in [1.54, 1.807) is 24.3 Å². The molecule has 2 aromatic carbocycles. The fourth-order valence-electron chi connectivity index (χ4n) is 6.63. The van der Waals surface area contributed by atoms with Crippen molar-refractivity contribution in [1.29, 1.82) is 0 Å². The molecule has 0 radical (unpaired) electrons. The number of hydrogen-bond donors (Lipinski definition) is 0. The van der Waals surface area contributed by atoms with Gasteiger partial charge in [-0.3, -0.25) is 0 Å². The van der Waals surface area contributed by atoms with Gasteiger partial charge in [-0.15, -0.1) is 0 Å². The van der Waals surface area contributed by atoms with Gasteiger partial charge < -0.3 is 9.47 Å². The summed E-state index contributed by atoms with van der Waals surface area (Å²) in [4.78, 5) is 12.6. The fourth-order valence-corrected chi connectivity index (χ4v) is 6.63. The van der Waals surface area contributed by atoms with Gasteiger partial charge >= 0.3 is 5.97 Å². The topological polar surface area (TPSA) is 35.5 Å². The normalized spacial score (nSPS) is 29.7. The molecule has 31 heavy (non-hydrogen) atoms. The lowest BCUT2D eigenvalue weighted by Crippen LogP contribution is -2.32. The van der Waals surface area contributed by atoms with E-state index in [9.17, 15) is 9.18 Å². The number of benzene rings is 2. The van der Waals surface area contributed by atoms with Crippen LogP contribution in [0.4, 0.5) is 4.39 Å². The Morgan fingerprint density at radius 1 is 0.968 bits per heavy atom. The van der Waals surface area contributed by atoms with Crippen molar-refractivity contribution in [3.63, 3.8) is 0 Å². The molecule has 3 saturated carbocycles. The number of rotatable bonds is 6. The summed E-state index contributed by atoms with van der Waals surface area (Å²) >= 11 is 0. The van der Waals surface area contributed by atoms with Crippen molar-refractivity contribution >= 4 is 5.97 Å². The highest BCUT2D eigenvalue weighted by Crippen LogP contribution is 2.61. The fraction of sp³-hybridized carbons (Fsp3) is 0.519. The lowest BCUT2D eigenvalue weighted by atomic mass is 9.82. The molecular weight excluding hydrogens is 391 g/mol. The standard InChI is InChI=1S/C27H31FO3/c1-16(2)26(20-13-22-17-8-9-18(12-17)23(22)14-20)31-25-15-19(10-11-24(25)28)27(29)30-21-6-4-3-5-7-21/h3-7,10-11,15-18,20,22-23,26H,8-9,12-14H2,1-2H3. The summed E-state index contributed by atoms with van der Waals surface area (Å²) < 4.78 is 26.4. The zero-order valence-corrected chi connectivity index (χ0v) is 18.3. The first-order valence-corrected chi connectivity index (χ1v) is 11.7. The van der Waals surface area contributed by atoms with Gasteiger partial charge in [0.15, 0.2) is 11.6 Å². The highest BCUT2D eigenvalue weighted by molar-refractivity contribution is 5.91. The number of ether oxygens (including phenoxy) is 2. The molecule has 0 heterocycles. The Kier molecular flexibility index (Phi) is 5.49. The van der Waals surface area contributed by atoms with Crippen molar-refractivity contribution in [3.05, 3.63) is 59.9 Å². The molecular formula is C27H31FO3. The van der Waals surface area contributed by atoms with Gasteiger partial charge in [0.2, 0.25) is 0 Å². The molecule has 3 fully saturated rings. The van der Waals surface area contributed by atoms with Crippen LogP contribution in [0.15, 0.2) is 48.5 Å². The van der Waals surface area contributed by atoms with E-state index in [4.69, 9.17) is 9.47 Å². The lowest BCUT2D eigenvalue weighted by molar-refractivity contribution is 0.0725. The third kappa shape index (κ3) is 3.97. The highest BCUT2D eigenvalue weighted by atomic mass is 19.1. The molecule has 0 aromatic heterocycles. The maximum atomic E-state index is 14.7. The van der Waals surface area contributed by atoms with Crippen molar-refractivity contribution in [2.45, 2.75) is 52.1 Å². The Morgan fingerprint density at radius 3 is 2.29 bits per heavy atom. The van der Waals surface area contributed by atoms with Crippen LogP contribution in [0.3, 0.4) is 0 Å². The van der Waals surface area contributed by atoms with Crippen LogP contribution in [0, 0.1) is 41.3 Å². The van der Waals surface area contributed by atoms with Crippen LogP contribution in [-0.4, -0.2) is 12.1 Å². The van der Waals surface area contributed by atoms with Crippen LogP contribution in [0.25, 0.3) is 0 Å². The second kappa shape index (κ2) is 8.29. The molecule has 3 aliphatic carbocycles. The molecule has 0 N–H and O–H groups in total. The van der Waals surface area contributed by atoms with Crippen LogP contribution in [0.2, 0.25) is 0 Å². The predicted molar refractivity (Wildman–Crippen MR) is 118 cm³/mol. The minimum Gasteiger partial charge on any atom is -0.487 e. The van der Waals surface area contributed by atoms with Crippen molar-refractivity contribution in [3.8, 4) is 11.5 Å². The van der Waals surface area contributed by atoms with E-state index < -0.39 is 11.8 Å². The molecule has 0 spiro atoms. The molecule has 164 valence electrons. The molecule has 5 atom stereocenters. The number of esters is 1. The minimum atomic E-state index is -0.510. The molecule has 0 amide bonds. The molecule has 2 aromatic rings. The van der Waals surface area contributed by atoms with E-state index in [-0.39, 0.29) is 17.8 Å². The van der Waals surface area contributed by atoms with Crippen LogP contribution in [-0.2, 0) is 0 Å². The average Bonchev–Trinajstić information content (AvgIpc) is 3.47. The second-order valence-corrected chi connectivity index (χ2v) is 10.1. The third-order valence-corrected chi connectivity index (χ3v) is 7.93. The second-order valence-electron chi connectivity index (χ2n) is 10.1. The summed E-state index contributed by atoms with van der Waals surface area (Å²) in [7, 11) is 0. The van der Waals surface area contributed by atoms with E-state index in [1.807, 2.05) is 6.07 Å². The minimum absolute atomic E-state index is 0.0418. The predicted octanol–water partition coefficient (Wildman–Crippen LogP) is 6.52. The quantitative estimate of drug-likeness (QED) is 0.393. The number of carbonyl (C=O) groups is 1. The summed E-state index contributed by atoms with van der Waals surface area (Å²) in [6.45, 7) is 4.30. The van der Waals surface area contributed by atoms with Gasteiger partial charge in [0.1, 0.15) is 11.9 Å². The third-order valence-electron chi connectivity index (χ3n) is 7.93. The summed E-state index contributed by atoms with van der Waals surface area (Å²) in [6.07, 6.45) is 6.57. The van der Waals surface area contributed by atoms with Crippen LogP contribution in [0.1, 0.15) is 56.3 Å². The maximum Gasteiger partial charge on any atom is 0.343 e. The molecule has 0 aliphatic heterocycles. The Hall–Kier alpha value is -2.36. The summed E-state index contributed by atoms with van der Waals surface area (Å²) in [5, 5.41) is 0. The first-order chi connectivity index (χ1) is 15.0. The number of halogens is 1. The molecule has 3 nitrogen and oxygen atoms in total. The summed E-state index contributed by atoms with van der Waals surface area (Å²) in [6, 6.07) is 13.2. The van der Waals surface area contributed by atoms with E-state index in [1.165, 1.54) is 50.3 Å². The van der Waals surface area contributed by atoms with Crippen molar-refractivity contribution < 1.29 is 18.7 Å². The zero-order valence-electron chi connectivity index (χ0n) is 18.3. The molecule has 3 aliphatic rings. The maximum absolute atomic E-state index is 14.7. The van der Waals surface area contributed by atoms with Gasteiger partial charge in [-0.1, -0.05) is 32.0 Å². The first-order valence-electron chi connectivity index (χ1n) is 11.7. The Balaban J connectivity index is 1.32. The van der Waals surface area contributed by atoms with Gasteiger partial charge in [0, 0.05) is 0 Å². The average molecular weight is 423 g/mol. The smallest absolute Gasteiger partial charge is 0.343 e. The Bertz CT molecular complexity index is 923. The monoisotopic (exact) mass is 422 g/mol. The molecule has 0 saturated heterocycles. The van der Waals surface area contributed by atoms with Gasteiger partial charge in [-0.25, -0.2) is 9.18 Å². The van der Waals surface area contributed by atoms with Crippen molar-refractivity contribution in [1.82, 2.24) is 0 Å². The zero-order chi connectivity index (χ0) is 21.5. The SMILES string of the molecule is CC(C)C(Oc1cc(C(=O)Oc2ccccc2)ccc1F)C1CC2C3CCC(C3)C2C1. The number of para-hydroxylation sites is 1. The van der Waals surface area contributed by atoms with Gasteiger partial charge in [0.05, 0.1) is 5.56 Å². The van der Waals surface area contributed by atoms with Gasteiger partial charge in [-0.05, 0) is 97.9 Å². The summed E-state index contributed by atoms with van der Waals surface area (Å²) in [5.41, 5.74) is 0.295. The number of carbonyl (C=O) groups excluding carboxylic acids is 1. The van der Waals surface area contributed by atoms with Crippen LogP contribution < -0.4 is 9.47 Å². The lowest BCUT2D eigenvalue weighted by Gasteiger charge is -2.29. The number of hydrogen-bond acceptors (Lipinski definition) is 3. The van der Waals surface area contributed by atoms with E-state index in [2.05, 4.69) is 13.8 Å². The number of fused-ring (bicyclic) bond motifs is 5. The molecule has 4 heteroatoms. The highest BCUT2D eigenvalue weighted by Gasteiger charge is 2.53. The van der Waals surface area contributed by atoms with E-state index >= 15 is 0 Å². The summed E-state index contributed by atoms with van der Waals surface area (Å²) in [5.74, 6) is 3.90. The van der Waals surface area contributed by atoms with Crippen LogP contribution >= 0.6 is 0 Å². The Labute approximate surface area is 183 Å². The Morgan fingerprint density at radius 2 is 1.65 bits per heavy atom. The first kappa shape index (κ1) is 20.5. The van der Waals surface area contributed by atoms with Crippen molar-refractivity contribution in [2.75, 3.05) is 0 Å². The molecule has 5 unspecified atom stereocenters. The van der Waals surface area contributed by atoms with Gasteiger partial charge in [-0.2, -0.15) is 0 Å². The van der Waals surface area contributed by atoms with E-state index in [0.29, 0.717) is 17.2 Å². The van der Waals surface area contributed by atoms with Crippen LogP contribution in [0.5, 0.6) is 11.5 Å². The largest absolute Gasteiger partial charge is 0.487 e. The molecule has 2 bridgehead atoms. The van der Waals surface area contributed by atoms with Crippen molar-refractivity contribution in [2.24, 2.45) is 35.5 Å². The van der Waals surface area contributed by atoms with E-state index in [0.717, 1.165) is 23.7 Å².